The number of carbonyl (C=O) groups excluding carboxylic acids is 2. The zero-order valence-electron chi connectivity index (χ0n) is 14.4. The molecule has 0 radical (unpaired) electrons. The third-order valence-electron chi connectivity index (χ3n) is 3.99. The lowest BCUT2D eigenvalue weighted by Gasteiger charge is -2.31. The van der Waals surface area contributed by atoms with Crippen molar-refractivity contribution in [2.24, 2.45) is 0 Å². The molecule has 0 aromatic heterocycles. The lowest BCUT2D eigenvalue weighted by Crippen LogP contribution is -2.50. The summed E-state index contributed by atoms with van der Waals surface area (Å²) in [5, 5.41) is 3.58. The van der Waals surface area contributed by atoms with Crippen LogP contribution in [0.15, 0.2) is 24.3 Å². The molecule has 0 aliphatic carbocycles. The van der Waals surface area contributed by atoms with Crippen LogP contribution in [0.3, 0.4) is 0 Å². The summed E-state index contributed by atoms with van der Waals surface area (Å²) in [6.45, 7) is 8.05. The highest BCUT2D eigenvalue weighted by Gasteiger charge is 2.28. The number of amides is 2. The number of hydrogen-bond acceptors (Lipinski definition) is 2. The lowest BCUT2D eigenvalue weighted by molar-refractivity contribution is -0.141. The topological polar surface area (TPSA) is 49.4 Å². The first kappa shape index (κ1) is 19.5. The summed E-state index contributed by atoms with van der Waals surface area (Å²) in [5.41, 5.74) is 0.853. The van der Waals surface area contributed by atoms with Gasteiger partial charge in [-0.1, -0.05) is 50.6 Å². The minimum Gasteiger partial charge on any atom is -0.352 e. The molecular weight excluding hydrogens is 312 g/mol. The summed E-state index contributed by atoms with van der Waals surface area (Å²) in [4.78, 5) is 26.6. The molecule has 2 atom stereocenters. The summed E-state index contributed by atoms with van der Waals surface area (Å²) in [7, 11) is 0. The zero-order valence-corrected chi connectivity index (χ0v) is 15.2. The Kier molecular flexibility index (Phi) is 8.10. The van der Waals surface area contributed by atoms with Crippen LogP contribution in [0.4, 0.5) is 0 Å². The Morgan fingerprint density at radius 1 is 1.17 bits per heavy atom. The van der Waals surface area contributed by atoms with E-state index < -0.39 is 6.04 Å². The highest BCUT2D eigenvalue weighted by molar-refractivity contribution is 6.31. The predicted molar refractivity (Wildman–Crippen MR) is 94.3 cm³/mol. The van der Waals surface area contributed by atoms with E-state index in [0.29, 0.717) is 24.4 Å². The van der Waals surface area contributed by atoms with E-state index >= 15 is 0 Å². The molecule has 0 aliphatic rings. The van der Waals surface area contributed by atoms with Crippen molar-refractivity contribution in [2.75, 3.05) is 0 Å². The van der Waals surface area contributed by atoms with Gasteiger partial charge in [0.15, 0.2) is 0 Å². The molecule has 23 heavy (non-hydrogen) atoms. The van der Waals surface area contributed by atoms with E-state index in [1.807, 2.05) is 39.0 Å². The monoisotopic (exact) mass is 338 g/mol. The molecule has 0 saturated heterocycles. The number of nitrogens with zero attached hydrogens (tertiary/aromatic N) is 1. The molecule has 5 heteroatoms. The summed E-state index contributed by atoms with van der Waals surface area (Å²) in [6, 6.07) is 7.03. The second-order valence-corrected chi connectivity index (χ2v) is 6.12. The van der Waals surface area contributed by atoms with Crippen LogP contribution in [0.25, 0.3) is 0 Å². The van der Waals surface area contributed by atoms with Crippen molar-refractivity contribution >= 4 is 23.4 Å². The highest BCUT2D eigenvalue weighted by Crippen LogP contribution is 2.20. The molecule has 4 nitrogen and oxygen atoms in total. The highest BCUT2D eigenvalue weighted by atomic mass is 35.5. The number of benzene rings is 1. The van der Waals surface area contributed by atoms with Gasteiger partial charge in [0.05, 0.1) is 0 Å². The van der Waals surface area contributed by atoms with Crippen LogP contribution < -0.4 is 5.32 Å². The molecule has 1 N–H and O–H groups in total. The van der Waals surface area contributed by atoms with Gasteiger partial charge >= 0.3 is 0 Å². The first-order valence-corrected chi connectivity index (χ1v) is 8.65. The minimum absolute atomic E-state index is 0.0453. The van der Waals surface area contributed by atoms with Crippen LogP contribution in [0.5, 0.6) is 0 Å². The molecule has 0 aliphatic heterocycles. The Labute approximate surface area is 144 Å². The summed E-state index contributed by atoms with van der Waals surface area (Å²) in [6.07, 6.45) is 1.78. The molecule has 0 unspecified atom stereocenters. The van der Waals surface area contributed by atoms with Gasteiger partial charge < -0.3 is 10.2 Å². The normalized spacial score (nSPS) is 13.3. The minimum atomic E-state index is -0.479. The summed E-state index contributed by atoms with van der Waals surface area (Å²) < 4.78 is 0. The van der Waals surface area contributed by atoms with Crippen molar-refractivity contribution in [1.82, 2.24) is 10.2 Å². The number of hydrogen-bond donors (Lipinski definition) is 1. The van der Waals surface area contributed by atoms with Crippen molar-refractivity contribution in [3.05, 3.63) is 34.9 Å². The maximum atomic E-state index is 12.5. The number of carbonyl (C=O) groups is 2. The molecule has 1 aromatic carbocycles. The van der Waals surface area contributed by atoms with Crippen molar-refractivity contribution < 1.29 is 9.59 Å². The van der Waals surface area contributed by atoms with Crippen LogP contribution in [0.1, 0.15) is 52.5 Å². The van der Waals surface area contributed by atoms with E-state index in [1.54, 1.807) is 17.9 Å². The molecule has 128 valence electrons. The van der Waals surface area contributed by atoms with E-state index in [0.717, 1.165) is 12.0 Å². The van der Waals surface area contributed by atoms with E-state index in [-0.39, 0.29) is 17.9 Å². The van der Waals surface area contributed by atoms with Gasteiger partial charge in [-0.15, -0.1) is 0 Å². The largest absolute Gasteiger partial charge is 0.352 e. The van der Waals surface area contributed by atoms with Gasteiger partial charge in [0.25, 0.3) is 0 Å². The molecule has 0 saturated carbocycles. The Morgan fingerprint density at radius 2 is 1.83 bits per heavy atom. The van der Waals surface area contributed by atoms with Gasteiger partial charge in [0, 0.05) is 24.0 Å². The van der Waals surface area contributed by atoms with Gasteiger partial charge in [-0.2, -0.15) is 0 Å². The van der Waals surface area contributed by atoms with Crippen LogP contribution in [0.2, 0.25) is 5.02 Å². The third kappa shape index (κ3) is 5.54. The second-order valence-electron chi connectivity index (χ2n) is 5.71. The standard InChI is InChI=1S/C18H27ClN2O2/c1-5-13(4)20-18(23)16(6-2)21(17(22)7-3)12-14-10-8-9-11-15(14)19/h8-11,13,16H,5-7,12H2,1-4H3,(H,20,23)/t13-,16+/m0/s1. The number of nitrogens with one attached hydrogen (secondary N) is 1. The fourth-order valence-electron chi connectivity index (χ4n) is 2.37. The molecule has 0 fully saturated rings. The fraction of sp³-hybridized carbons (Fsp3) is 0.556. The van der Waals surface area contributed by atoms with E-state index in [4.69, 9.17) is 11.6 Å². The van der Waals surface area contributed by atoms with E-state index in [9.17, 15) is 9.59 Å². The average Bonchev–Trinajstić information content (AvgIpc) is 2.55. The Hall–Kier alpha value is -1.55. The molecule has 2 amide bonds. The van der Waals surface area contributed by atoms with Crippen LogP contribution in [-0.4, -0.2) is 28.8 Å². The van der Waals surface area contributed by atoms with Gasteiger partial charge in [-0.3, -0.25) is 9.59 Å². The third-order valence-corrected chi connectivity index (χ3v) is 4.36. The van der Waals surface area contributed by atoms with Gasteiger partial charge in [0.1, 0.15) is 6.04 Å². The Balaban J connectivity index is 3.01. The SMILES string of the molecule is CCC(=O)N(Cc1ccccc1Cl)[C@H](CC)C(=O)N[C@@H](C)CC. The van der Waals surface area contributed by atoms with Crippen molar-refractivity contribution in [3.8, 4) is 0 Å². The van der Waals surface area contributed by atoms with Crippen LogP contribution in [0, 0.1) is 0 Å². The lowest BCUT2D eigenvalue weighted by atomic mass is 10.1. The van der Waals surface area contributed by atoms with Crippen LogP contribution >= 0.6 is 11.6 Å². The maximum absolute atomic E-state index is 12.5. The van der Waals surface area contributed by atoms with E-state index in [1.165, 1.54) is 0 Å². The van der Waals surface area contributed by atoms with Crippen molar-refractivity contribution in [1.29, 1.82) is 0 Å². The Morgan fingerprint density at radius 3 is 2.35 bits per heavy atom. The van der Waals surface area contributed by atoms with Crippen molar-refractivity contribution in [3.63, 3.8) is 0 Å². The molecule has 0 heterocycles. The van der Waals surface area contributed by atoms with Gasteiger partial charge in [-0.25, -0.2) is 0 Å². The van der Waals surface area contributed by atoms with Crippen LogP contribution in [-0.2, 0) is 16.1 Å². The first-order valence-electron chi connectivity index (χ1n) is 8.27. The average molecular weight is 339 g/mol. The zero-order chi connectivity index (χ0) is 17.4. The first-order chi connectivity index (χ1) is 10.9. The molecule has 0 bridgehead atoms. The number of halogens is 1. The predicted octanol–water partition coefficient (Wildman–Crippen LogP) is 3.77. The summed E-state index contributed by atoms with van der Waals surface area (Å²) in [5.74, 6) is -0.147. The van der Waals surface area contributed by atoms with Crippen molar-refractivity contribution in [2.45, 2.75) is 65.6 Å². The quantitative estimate of drug-likeness (QED) is 0.784. The number of rotatable bonds is 8. The molecule has 1 aromatic rings. The fourth-order valence-corrected chi connectivity index (χ4v) is 2.57. The second kappa shape index (κ2) is 9.56. The summed E-state index contributed by atoms with van der Waals surface area (Å²) >= 11 is 6.21. The Bertz CT molecular complexity index is 534. The molecular formula is C18H27ClN2O2. The smallest absolute Gasteiger partial charge is 0.243 e. The molecule has 0 spiro atoms. The van der Waals surface area contributed by atoms with E-state index in [2.05, 4.69) is 5.32 Å². The maximum Gasteiger partial charge on any atom is 0.243 e. The van der Waals surface area contributed by atoms with Gasteiger partial charge in [-0.05, 0) is 31.4 Å². The van der Waals surface area contributed by atoms with Gasteiger partial charge in [0.2, 0.25) is 11.8 Å². The molecule has 1 rings (SSSR count).